The minimum atomic E-state index is -0.0734. The standard InChI is InChI=1S/C14H16BrN3O2S/c1-2-10-5-6-12(11(15)8-10)20-7-3-4-13(19)17-14-18-16-9-21-14/h5-6,8-9H,2-4,7H2,1H3,(H,17,18,19). The highest BCUT2D eigenvalue weighted by molar-refractivity contribution is 9.10. The first-order valence-electron chi connectivity index (χ1n) is 6.66. The zero-order valence-electron chi connectivity index (χ0n) is 11.6. The molecule has 1 amide bonds. The second-order valence-corrected chi connectivity index (χ2v) is 6.05. The van der Waals surface area contributed by atoms with Gasteiger partial charge in [-0.25, -0.2) is 0 Å². The van der Waals surface area contributed by atoms with Gasteiger partial charge in [-0.1, -0.05) is 24.3 Å². The number of anilines is 1. The molecule has 0 saturated carbocycles. The lowest BCUT2D eigenvalue weighted by Crippen LogP contribution is -2.12. The summed E-state index contributed by atoms with van der Waals surface area (Å²) in [7, 11) is 0. The highest BCUT2D eigenvalue weighted by Crippen LogP contribution is 2.26. The van der Waals surface area contributed by atoms with E-state index >= 15 is 0 Å². The summed E-state index contributed by atoms with van der Waals surface area (Å²) >= 11 is 4.79. The molecule has 0 bridgehead atoms. The lowest BCUT2D eigenvalue weighted by atomic mass is 10.2. The molecular formula is C14H16BrN3O2S. The Morgan fingerprint density at radius 2 is 2.33 bits per heavy atom. The van der Waals surface area contributed by atoms with Crippen molar-refractivity contribution in [1.29, 1.82) is 0 Å². The molecule has 0 fully saturated rings. The Hall–Kier alpha value is -1.47. The number of halogens is 1. The molecule has 1 heterocycles. The predicted molar refractivity (Wildman–Crippen MR) is 86.8 cm³/mol. The maximum absolute atomic E-state index is 11.6. The summed E-state index contributed by atoms with van der Waals surface area (Å²) in [5.74, 6) is 0.729. The SMILES string of the molecule is CCc1ccc(OCCCC(=O)Nc2nncs2)c(Br)c1. The van der Waals surface area contributed by atoms with Crippen LogP contribution in [-0.4, -0.2) is 22.7 Å². The average molecular weight is 370 g/mol. The van der Waals surface area contributed by atoms with Crippen LogP contribution in [0.15, 0.2) is 28.2 Å². The fourth-order valence-electron chi connectivity index (χ4n) is 1.71. The van der Waals surface area contributed by atoms with E-state index in [0.717, 1.165) is 16.6 Å². The van der Waals surface area contributed by atoms with Gasteiger partial charge < -0.3 is 10.1 Å². The monoisotopic (exact) mass is 369 g/mol. The van der Waals surface area contributed by atoms with Crippen molar-refractivity contribution >= 4 is 38.3 Å². The molecule has 0 aliphatic heterocycles. The highest BCUT2D eigenvalue weighted by atomic mass is 79.9. The first kappa shape index (κ1) is 15.9. The minimum absolute atomic E-state index is 0.0734. The van der Waals surface area contributed by atoms with E-state index in [1.165, 1.54) is 16.9 Å². The second-order valence-electron chi connectivity index (χ2n) is 4.36. The van der Waals surface area contributed by atoms with Gasteiger partial charge in [-0.3, -0.25) is 4.79 Å². The largest absolute Gasteiger partial charge is 0.492 e. The quantitative estimate of drug-likeness (QED) is 0.756. The lowest BCUT2D eigenvalue weighted by Gasteiger charge is -2.09. The van der Waals surface area contributed by atoms with E-state index in [4.69, 9.17) is 4.74 Å². The van der Waals surface area contributed by atoms with Crippen LogP contribution in [0.25, 0.3) is 0 Å². The Morgan fingerprint density at radius 1 is 1.48 bits per heavy atom. The van der Waals surface area contributed by atoms with E-state index in [2.05, 4.69) is 44.4 Å². The first-order chi connectivity index (χ1) is 10.2. The second kappa shape index (κ2) is 8.09. The van der Waals surface area contributed by atoms with Gasteiger partial charge in [0, 0.05) is 6.42 Å². The summed E-state index contributed by atoms with van der Waals surface area (Å²) in [5.41, 5.74) is 2.83. The number of nitrogens with one attached hydrogen (secondary N) is 1. The van der Waals surface area contributed by atoms with Crippen LogP contribution in [0.2, 0.25) is 0 Å². The maximum atomic E-state index is 11.6. The van der Waals surface area contributed by atoms with Crippen LogP contribution in [0.4, 0.5) is 5.13 Å². The van der Waals surface area contributed by atoms with Crippen molar-refractivity contribution in [3.05, 3.63) is 33.7 Å². The average Bonchev–Trinajstić information content (AvgIpc) is 2.97. The van der Waals surface area contributed by atoms with E-state index in [1.807, 2.05) is 12.1 Å². The van der Waals surface area contributed by atoms with Crippen LogP contribution >= 0.6 is 27.3 Å². The summed E-state index contributed by atoms with van der Waals surface area (Å²) in [6, 6.07) is 6.05. The van der Waals surface area contributed by atoms with Gasteiger partial charge in [0.2, 0.25) is 11.0 Å². The molecule has 2 aromatic rings. The third kappa shape index (κ3) is 5.09. The number of amides is 1. The third-order valence-corrected chi connectivity index (χ3v) is 4.04. The number of carbonyl (C=O) groups is 1. The number of ether oxygens (including phenoxy) is 1. The van der Waals surface area contributed by atoms with Gasteiger partial charge in [0.25, 0.3) is 0 Å². The molecule has 0 aliphatic rings. The molecule has 1 aromatic heterocycles. The van der Waals surface area contributed by atoms with E-state index in [9.17, 15) is 4.79 Å². The van der Waals surface area contributed by atoms with E-state index < -0.39 is 0 Å². The Kier molecular flexibility index (Phi) is 6.13. The van der Waals surface area contributed by atoms with Crippen LogP contribution in [0, 0.1) is 0 Å². The fourth-order valence-corrected chi connectivity index (χ4v) is 2.71. The number of hydrogen-bond donors (Lipinski definition) is 1. The van der Waals surface area contributed by atoms with Crippen molar-refractivity contribution in [2.75, 3.05) is 11.9 Å². The summed E-state index contributed by atoms with van der Waals surface area (Å²) in [4.78, 5) is 11.6. The molecule has 2 rings (SSSR count). The number of benzene rings is 1. The van der Waals surface area contributed by atoms with Crippen molar-refractivity contribution in [3.63, 3.8) is 0 Å². The molecule has 1 aromatic carbocycles. The van der Waals surface area contributed by atoms with E-state index in [0.29, 0.717) is 24.6 Å². The molecule has 0 radical (unpaired) electrons. The summed E-state index contributed by atoms with van der Waals surface area (Å²) < 4.78 is 6.61. The Labute approximate surface area is 135 Å². The molecule has 1 N–H and O–H groups in total. The number of aromatic nitrogens is 2. The topological polar surface area (TPSA) is 64.1 Å². The van der Waals surface area contributed by atoms with Crippen LogP contribution in [0.3, 0.4) is 0 Å². The smallest absolute Gasteiger partial charge is 0.226 e. The van der Waals surface area contributed by atoms with Crippen LogP contribution in [0.5, 0.6) is 5.75 Å². The number of rotatable bonds is 7. The van der Waals surface area contributed by atoms with Crippen LogP contribution in [-0.2, 0) is 11.2 Å². The molecule has 5 nitrogen and oxygen atoms in total. The van der Waals surface area contributed by atoms with Gasteiger partial charge in [0.15, 0.2) is 0 Å². The summed E-state index contributed by atoms with van der Waals surface area (Å²) in [6.07, 6.45) is 2.03. The fraction of sp³-hybridized carbons (Fsp3) is 0.357. The summed E-state index contributed by atoms with van der Waals surface area (Å²) in [5, 5.41) is 10.6. The molecule has 21 heavy (non-hydrogen) atoms. The number of hydrogen-bond acceptors (Lipinski definition) is 5. The number of carbonyl (C=O) groups excluding carboxylic acids is 1. The zero-order chi connectivity index (χ0) is 15.1. The molecule has 7 heteroatoms. The van der Waals surface area contributed by atoms with Crippen molar-refractivity contribution < 1.29 is 9.53 Å². The van der Waals surface area contributed by atoms with Crippen molar-refractivity contribution in [2.45, 2.75) is 26.2 Å². The highest BCUT2D eigenvalue weighted by Gasteiger charge is 2.06. The third-order valence-electron chi connectivity index (χ3n) is 2.82. The molecule has 0 spiro atoms. The van der Waals surface area contributed by atoms with Gasteiger partial charge in [-0.2, -0.15) is 0 Å². The predicted octanol–water partition coefficient (Wildman–Crippen LogP) is 3.66. The van der Waals surface area contributed by atoms with E-state index in [1.54, 1.807) is 5.51 Å². The molecule has 0 aliphatic carbocycles. The Bertz CT molecular complexity index is 590. The molecule has 0 atom stereocenters. The molecule has 0 unspecified atom stereocenters. The van der Waals surface area contributed by atoms with Crippen LogP contribution < -0.4 is 10.1 Å². The first-order valence-corrected chi connectivity index (χ1v) is 8.33. The molecular weight excluding hydrogens is 354 g/mol. The van der Waals surface area contributed by atoms with Crippen molar-refractivity contribution in [2.24, 2.45) is 0 Å². The van der Waals surface area contributed by atoms with Gasteiger partial charge in [0.1, 0.15) is 11.3 Å². The number of aryl methyl sites for hydroxylation is 1. The van der Waals surface area contributed by atoms with E-state index in [-0.39, 0.29) is 5.91 Å². The normalized spacial score (nSPS) is 10.4. The molecule has 0 saturated heterocycles. The Morgan fingerprint density at radius 3 is 3.00 bits per heavy atom. The van der Waals surface area contributed by atoms with Gasteiger partial charge >= 0.3 is 0 Å². The zero-order valence-corrected chi connectivity index (χ0v) is 14.0. The summed E-state index contributed by atoms with van der Waals surface area (Å²) in [6.45, 7) is 2.60. The van der Waals surface area contributed by atoms with Gasteiger partial charge in [-0.15, -0.1) is 10.2 Å². The van der Waals surface area contributed by atoms with Crippen molar-refractivity contribution in [3.8, 4) is 5.75 Å². The minimum Gasteiger partial charge on any atom is -0.492 e. The van der Waals surface area contributed by atoms with Crippen molar-refractivity contribution in [1.82, 2.24) is 10.2 Å². The van der Waals surface area contributed by atoms with Gasteiger partial charge in [-0.05, 0) is 46.5 Å². The number of nitrogens with zero attached hydrogens (tertiary/aromatic N) is 2. The Balaban J connectivity index is 1.71. The van der Waals surface area contributed by atoms with Gasteiger partial charge in [0.05, 0.1) is 11.1 Å². The lowest BCUT2D eigenvalue weighted by molar-refractivity contribution is -0.116. The molecule has 112 valence electrons. The maximum Gasteiger partial charge on any atom is 0.226 e. The van der Waals surface area contributed by atoms with Crippen LogP contribution in [0.1, 0.15) is 25.3 Å².